The smallest absolute Gasteiger partial charge is 0.0401 e. The summed E-state index contributed by atoms with van der Waals surface area (Å²) in [6.45, 7) is 30.3. The monoisotopic (exact) mass is 843 g/mol. The van der Waals surface area contributed by atoms with Crippen molar-refractivity contribution in [1.29, 1.82) is 0 Å². The topological polar surface area (TPSA) is 103 Å². The molecule has 8 heteroatoms. The fraction of sp³-hybridized carbons (Fsp3) is 0.273. The summed E-state index contributed by atoms with van der Waals surface area (Å²) in [7, 11) is 0. The molecular weight excluding hydrogens is 773 g/mol. The first-order valence-electron chi connectivity index (χ1n) is 21.1. The van der Waals surface area contributed by atoms with Gasteiger partial charge in [-0.2, -0.15) is 0 Å². The summed E-state index contributed by atoms with van der Waals surface area (Å²) in [6.07, 6.45) is 14.6. The van der Waals surface area contributed by atoms with E-state index in [1.54, 1.807) is 12.4 Å². The van der Waals surface area contributed by atoms with E-state index in [0.29, 0.717) is 0 Å². The fourth-order valence-corrected chi connectivity index (χ4v) is 4.72. The summed E-state index contributed by atoms with van der Waals surface area (Å²) in [5.41, 5.74) is 17.5. The van der Waals surface area contributed by atoms with Crippen LogP contribution in [0, 0.1) is 104 Å². The summed E-state index contributed by atoms with van der Waals surface area (Å²) in [5.74, 6) is 0. The normalized spacial score (nSPS) is 9.19. The van der Waals surface area contributed by atoms with Crippen molar-refractivity contribution in [2.24, 2.45) is 0 Å². The van der Waals surface area contributed by atoms with E-state index in [0.717, 1.165) is 45.6 Å². The van der Waals surface area contributed by atoms with Crippen molar-refractivity contribution in [2.75, 3.05) is 0 Å². The molecule has 8 aromatic heterocycles. The molecule has 8 nitrogen and oxygen atoms in total. The molecule has 0 saturated heterocycles. The minimum absolute atomic E-state index is 1.07. The summed E-state index contributed by atoms with van der Waals surface area (Å²) in [4.78, 5) is 32.5. The Labute approximate surface area is 379 Å². The molecule has 8 rings (SSSR count). The van der Waals surface area contributed by atoms with E-state index in [1.807, 2.05) is 179 Å². The Morgan fingerprint density at radius 3 is 1.08 bits per heavy atom. The Balaban J connectivity index is 0.000000360. The van der Waals surface area contributed by atoms with Crippen molar-refractivity contribution in [2.45, 2.75) is 104 Å². The number of aromatic nitrogens is 8. The molecule has 0 bridgehead atoms. The molecule has 0 atom stereocenters. The van der Waals surface area contributed by atoms with E-state index in [4.69, 9.17) is 0 Å². The fourth-order valence-electron chi connectivity index (χ4n) is 4.72. The van der Waals surface area contributed by atoms with Crippen molar-refractivity contribution in [3.63, 3.8) is 0 Å². The van der Waals surface area contributed by atoms with Crippen LogP contribution in [0.5, 0.6) is 0 Å². The third-order valence-corrected chi connectivity index (χ3v) is 8.78. The van der Waals surface area contributed by atoms with Crippen LogP contribution in [0.2, 0.25) is 0 Å². The Morgan fingerprint density at radius 1 is 0.270 bits per heavy atom. The maximum absolute atomic E-state index is 4.18. The second-order valence-corrected chi connectivity index (χ2v) is 15.1. The molecule has 0 fully saturated rings. The van der Waals surface area contributed by atoms with Crippen LogP contribution in [0.25, 0.3) is 0 Å². The summed E-state index contributed by atoms with van der Waals surface area (Å²) >= 11 is 0. The van der Waals surface area contributed by atoms with Gasteiger partial charge in [0, 0.05) is 95.1 Å². The van der Waals surface area contributed by atoms with Crippen LogP contribution in [0.1, 0.15) is 84.5 Å². The van der Waals surface area contributed by atoms with E-state index in [9.17, 15) is 0 Å². The van der Waals surface area contributed by atoms with Gasteiger partial charge in [-0.05, 0) is 203 Å². The zero-order chi connectivity index (χ0) is 47.0. The molecule has 0 aliphatic rings. The van der Waals surface area contributed by atoms with E-state index in [2.05, 4.69) is 105 Å². The van der Waals surface area contributed by atoms with Crippen molar-refractivity contribution >= 4 is 0 Å². The van der Waals surface area contributed by atoms with Crippen molar-refractivity contribution in [1.82, 2.24) is 39.9 Å². The lowest BCUT2D eigenvalue weighted by Crippen LogP contribution is -1.85. The number of hydrogen-bond donors (Lipinski definition) is 0. The van der Waals surface area contributed by atoms with Gasteiger partial charge in [0.05, 0.1) is 0 Å². The second kappa shape index (κ2) is 32.0. The maximum Gasteiger partial charge on any atom is 0.0401 e. The third-order valence-electron chi connectivity index (χ3n) is 8.78. The van der Waals surface area contributed by atoms with E-state index < -0.39 is 0 Å². The number of nitrogens with zero attached hydrogens (tertiary/aromatic N) is 8. The van der Waals surface area contributed by atoms with Gasteiger partial charge in [-0.15, -0.1) is 0 Å². The van der Waals surface area contributed by atoms with Gasteiger partial charge in [0.2, 0.25) is 0 Å². The summed E-state index contributed by atoms with van der Waals surface area (Å²) < 4.78 is 0. The standard InChI is InChI=1S/C8H11N.5C7H9N.2C6H7N/c1-6-4-7(2)8(3)9-5-6;1-6-3-4-8-7(2)5-6;1-6-3-4-7(2)8-5-6;2*1-6-4-3-5-8-7(6)2;1-6-4-3-5-7(2)8-6;1-6-3-2-4-7-5-6;1-6-4-2-3-5-7-6/h4-5H,1-3H3;5*3-5H,1-2H3;2*2-5H,1H3. The molecule has 0 aromatic carbocycles. The van der Waals surface area contributed by atoms with Crippen molar-refractivity contribution < 1.29 is 0 Å². The van der Waals surface area contributed by atoms with Crippen molar-refractivity contribution in [3.05, 3.63) is 237 Å². The Kier molecular flexibility index (Phi) is 27.5. The van der Waals surface area contributed by atoms with Crippen molar-refractivity contribution in [3.8, 4) is 0 Å². The van der Waals surface area contributed by atoms with Gasteiger partial charge in [-0.3, -0.25) is 39.9 Å². The van der Waals surface area contributed by atoms with Gasteiger partial charge < -0.3 is 0 Å². The Bertz CT molecular complexity index is 2180. The SMILES string of the molecule is Cc1ccc(C)nc1.Cc1cccc(C)n1.Cc1ccccn1.Cc1cccnc1.Cc1cccnc1C.Cc1cccnc1C.Cc1ccnc(C)c1.Cc1cnc(C)c(C)c1. The van der Waals surface area contributed by atoms with Crippen LogP contribution in [-0.2, 0) is 0 Å². The number of pyridine rings is 8. The molecule has 8 heterocycles. The number of rotatable bonds is 0. The highest BCUT2D eigenvalue weighted by Crippen LogP contribution is 2.04. The van der Waals surface area contributed by atoms with Gasteiger partial charge in [-0.25, -0.2) is 0 Å². The summed E-state index contributed by atoms with van der Waals surface area (Å²) in [5, 5.41) is 0. The first-order chi connectivity index (χ1) is 30.0. The molecule has 0 aliphatic carbocycles. The van der Waals surface area contributed by atoms with Crippen LogP contribution in [-0.4, -0.2) is 39.9 Å². The van der Waals surface area contributed by atoms with Crippen LogP contribution >= 0.6 is 0 Å². The first-order valence-corrected chi connectivity index (χ1v) is 21.1. The molecule has 0 saturated carbocycles. The minimum Gasteiger partial charge on any atom is -0.264 e. The highest BCUT2D eigenvalue weighted by atomic mass is 14.7. The molecule has 0 amide bonds. The van der Waals surface area contributed by atoms with Crippen LogP contribution in [0.3, 0.4) is 0 Å². The lowest BCUT2D eigenvalue weighted by Gasteiger charge is -1.97. The van der Waals surface area contributed by atoms with E-state index in [-0.39, 0.29) is 0 Å². The molecule has 0 unspecified atom stereocenters. The molecule has 0 N–H and O–H groups in total. The lowest BCUT2D eigenvalue weighted by molar-refractivity contribution is 1.12. The quantitative estimate of drug-likeness (QED) is 0.149. The highest BCUT2D eigenvalue weighted by molar-refractivity contribution is 5.22. The minimum atomic E-state index is 1.07. The lowest BCUT2D eigenvalue weighted by atomic mass is 10.2. The third kappa shape index (κ3) is 28.4. The average Bonchev–Trinajstić information content (AvgIpc) is 3.25. The molecule has 0 aliphatic heterocycles. The highest BCUT2D eigenvalue weighted by Gasteiger charge is 1.91. The molecule has 8 aromatic rings. The van der Waals surface area contributed by atoms with Gasteiger partial charge in [0.25, 0.3) is 0 Å². The molecule has 63 heavy (non-hydrogen) atoms. The van der Waals surface area contributed by atoms with Crippen LogP contribution in [0.15, 0.2) is 153 Å². The van der Waals surface area contributed by atoms with Gasteiger partial charge in [0.1, 0.15) is 0 Å². The molecule has 0 spiro atoms. The molecular formula is C55H70N8. The van der Waals surface area contributed by atoms with Crippen LogP contribution in [0.4, 0.5) is 0 Å². The number of hydrogen-bond acceptors (Lipinski definition) is 8. The average molecular weight is 843 g/mol. The van der Waals surface area contributed by atoms with Gasteiger partial charge >= 0.3 is 0 Å². The van der Waals surface area contributed by atoms with Crippen LogP contribution < -0.4 is 0 Å². The van der Waals surface area contributed by atoms with Gasteiger partial charge in [0.15, 0.2) is 0 Å². The maximum atomic E-state index is 4.18. The Hall–Kier alpha value is -6.80. The zero-order valence-corrected chi connectivity index (χ0v) is 40.5. The molecule has 0 radical (unpaired) electrons. The first kappa shape index (κ1) is 54.2. The number of aryl methyl sites for hydroxylation is 15. The largest absolute Gasteiger partial charge is 0.264 e. The molecule has 330 valence electrons. The van der Waals surface area contributed by atoms with E-state index >= 15 is 0 Å². The van der Waals surface area contributed by atoms with Gasteiger partial charge in [-0.1, -0.05) is 42.5 Å². The Morgan fingerprint density at radius 2 is 0.778 bits per heavy atom. The summed E-state index contributed by atoms with van der Waals surface area (Å²) in [6, 6.07) is 34.1. The second-order valence-electron chi connectivity index (χ2n) is 15.1. The predicted octanol–water partition coefficient (Wildman–Crippen LogP) is 13.3. The zero-order valence-electron chi connectivity index (χ0n) is 40.5. The predicted molar refractivity (Wildman–Crippen MR) is 265 cm³/mol. The van der Waals surface area contributed by atoms with E-state index in [1.165, 1.54) is 38.9 Å².